The molecule has 0 atom stereocenters. The Bertz CT molecular complexity index is 714. The van der Waals surface area contributed by atoms with Gasteiger partial charge in [-0.15, -0.1) is 17.9 Å². The smallest absolute Gasteiger partial charge is 0.443 e. The predicted molar refractivity (Wildman–Crippen MR) is 92.3 cm³/mol. The summed E-state index contributed by atoms with van der Waals surface area (Å²) in [5.74, 6) is -1.40. The molecular formula is C17H19F3N3O2S-. The van der Waals surface area contributed by atoms with Crippen molar-refractivity contribution >= 4 is 17.3 Å². The van der Waals surface area contributed by atoms with Gasteiger partial charge in [0.1, 0.15) is 4.88 Å². The zero-order chi connectivity index (χ0) is 19.2. The molecule has 1 aliphatic carbocycles. The Hall–Kier alpha value is -2.00. The number of aromatic nitrogens is 2. The van der Waals surface area contributed by atoms with Gasteiger partial charge < -0.3 is 10.8 Å². The quantitative estimate of drug-likeness (QED) is 0.786. The van der Waals surface area contributed by atoms with Crippen LogP contribution >= 0.6 is 11.3 Å². The van der Waals surface area contributed by atoms with Crippen LogP contribution in [0.3, 0.4) is 0 Å². The lowest BCUT2D eigenvalue weighted by molar-refractivity contribution is -0.137. The van der Waals surface area contributed by atoms with Crippen LogP contribution in [-0.2, 0) is 11.6 Å². The largest absolute Gasteiger partial charge is 0.677 e. The first kappa shape index (κ1) is 20.3. The minimum absolute atomic E-state index is 0.112. The Labute approximate surface area is 153 Å². The Morgan fingerprint density at radius 1 is 1.27 bits per heavy atom. The molecule has 142 valence electrons. The number of alkyl halides is 3. The third-order valence-corrected chi connectivity index (χ3v) is 5.41. The van der Waals surface area contributed by atoms with Gasteiger partial charge in [-0.2, -0.15) is 13.2 Å². The minimum atomic E-state index is -4.56. The van der Waals surface area contributed by atoms with E-state index in [4.69, 9.17) is 10.8 Å². The van der Waals surface area contributed by atoms with E-state index < -0.39 is 22.0 Å². The third-order valence-electron chi connectivity index (χ3n) is 4.38. The summed E-state index contributed by atoms with van der Waals surface area (Å²) >= 11 is 0.112. The first-order chi connectivity index (χ1) is 12.3. The number of hydrogen-bond donors (Lipinski definition) is 1. The molecule has 9 heteroatoms. The molecule has 3 rings (SSSR count). The highest BCUT2D eigenvalue weighted by atomic mass is 32.1. The summed E-state index contributed by atoms with van der Waals surface area (Å²) in [5.41, 5.74) is 9.15. The lowest BCUT2D eigenvalue weighted by atomic mass is 9.70. The molecule has 2 N–H and O–H groups in total. The lowest BCUT2D eigenvalue weighted by Gasteiger charge is -2.40. The first-order valence-corrected chi connectivity index (χ1v) is 8.91. The molecule has 0 bridgehead atoms. The lowest BCUT2D eigenvalue weighted by Crippen LogP contribution is -2.31. The summed E-state index contributed by atoms with van der Waals surface area (Å²) in [5, 5.41) is 7.13. The van der Waals surface area contributed by atoms with E-state index in [1.165, 1.54) is 37.7 Å². The maximum atomic E-state index is 11.8. The Morgan fingerprint density at radius 2 is 1.96 bits per heavy atom. The number of rotatable bonds is 3. The van der Waals surface area contributed by atoms with Gasteiger partial charge in [0.15, 0.2) is 5.01 Å². The second-order valence-corrected chi connectivity index (χ2v) is 7.12. The molecule has 26 heavy (non-hydrogen) atoms. The fraction of sp³-hybridized carbons (Fsp3) is 0.471. The van der Waals surface area contributed by atoms with Crippen LogP contribution in [-0.4, -0.2) is 27.6 Å². The van der Waals surface area contributed by atoms with Crippen molar-refractivity contribution in [1.82, 2.24) is 9.97 Å². The molecule has 0 aromatic carbocycles. The van der Waals surface area contributed by atoms with Crippen LogP contribution < -0.4 is 0 Å². The number of carbonyl (C=O) groups is 1. The fourth-order valence-corrected chi connectivity index (χ4v) is 3.60. The topological polar surface area (TPSA) is 86.9 Å². The molecule has 0 amide bonds. The van der Waals surface area contributed by atoms with Gasteiger partial charge in [-0.3, -0.25) is 4.98 Å². The van der Waals surface area contributed by atoms with Crippen LogP contribution in [0.25, 0.3) is 5.73 Å². The maximum absolute atomic E-state index is 11.8. The molecule has 2 aromatic rings. The van der Waals surface area contributed by atoms with Crippen LogP contribution in [0.2, 0.25) is 0 Å². The summed E-state index contributed by atoms with van der Waals surface area (Å²) in [4.78, 5) is 16.8. The van der Waals surface area contributed by atoms with Crippen LogP contribution in [0.5, 0.6) is 0 Å². The SMILES string of the molecule is O=C(O)c1cnc(C(F)(F)F)s1.[NH-]CC1(c2cccnc2)CCCCC1. The van der Waals surface area contributed by atoms with Crippen molar-refractivity contribution in [2.75, 3.05) is 6.54 Å². The highest BCUT2D eigenvalue weighted by Crippen LogP contribution is 2.39. The molecule has 5 nitrogen and oxygen atoms in total. The molecule has 1 saturated carbocycles. The van der Waals surface area contributed by atoms with Crippen LogP contribution in [0.4, 0.5) is 13.2 Å². The molecule has 0 radical (unpaired) electrons. The summed E-state index contributed by atoms with van der Waals surface area (Å²) in [6, 6.07) is 4.12. The van der Waals surface area contributed by atoms with Gasteiger partial charge in [-0.1, -0.05) is 25.3 Å². The second kappa shape index (κ2) is 8.59. The molecule has 0 spiro atoms. The van der Waals surface area contributed by atoms with E-state index in [2.05, 4.69) is 16.0 Å². The van der Waals surface area contributed by atoms with E-state index in [1.54, 1.807) is 0 Å². The third kappa shape index (κ3) is 5.01. The number of carboxylic acid groups (broad SMARTS) is 1. The van der Waals surface area contributed by atoms with E-state index in [9.17, 15) is 18.0 Å². The summed E-state index contributed by atoms with van der Waals surface area (Å²) in [6.07, 6.45) is 6.10. The van der Waals surface area contributed by atoms with Gasteiger partial charge in [0.25, 0.3) is 0 Å². The van der Waals surface area contributed by atoms with Gasteiger partial charge in [0.2, 0.25) is 0 Å². The van der Waals surface area contributed by atoms with Crippen molar-refractivity contribution in [2.45, 2.75) is 43.7 Å². The minimum Gasteiger partial charge on any atom is -0.677 e. The van der Waals surface area contributed by atoms with E-state index in [0.717, 1.165) is 0 Å². The molecular weight excluding hydrogens is 367 g/mol. The molecule has 2 heterocycles. The average molecular weight is 386 g/mol. The molecule has 0 saturated heterocycles. The number of pyridine rings is 1. The summed E-state index contributed by atoms with van der Waals surface area (Å²) in [6.45, 7) is 0.513. The number of halogens is 3. The van der Waals surface area contributed by atoms with Crippen LogP contribution in [0.15, 0.2) is 30.7 Å². The van der Waals surface area contributed by atoms with Gasteiger partial charge in [-0.25, -0.2) is 9.78 Å². The monoisotopic (exact) mass is 386 g/mol. The van der Waals surface area contributed by atoms with Gasteiger partial charge in [0.05, 0.1) is 6.20 Å². The van der Waals surface area contributed by atoms with Gasteiger partial charge in [-0.05, 0) is 29.9 Å². The van der Waals surface area contributed by atoms with Crippen molar-refractivity contribution in [2.24, 2.45) is 0 Å². The van der Waals surface area contributed by atoms with E-state index >= 15 is 0 Å². The van der Waals surface area contributed by atoms with Crippen molar-refractivity contribution in [3.8, 4) is 0 Å². The summed E-state index contributed by atoms with van der Waals surface area (Å²) < 4.78 is 35.5. The normalized spacial score (nSPS) is 16.5. The van der Waals surface area contributed by atoms with E-state index in [-0.39, 0.29) is 16.8 Å². The van der Waals surface area contributed by atoms with Crippen molar-refractivity contribution in [1.29, 1.82) is 0 Å². The molecule has 0 unspecified atom stereocenters. The number of nitrogens with one attached hydrogen (secondary N) is 1. The number of aromatic carboxylic acids is 1. The maximum Gasteiger partial charge on any atom is 0.443 e. The van der Waals surface area contributed by atoms with Gasteiger partial charge >= 0.3 is 12.1 Å². The standard InChI is InChI=1S/C12H17N2.C5H2F3NO2S/c13-10-12(6-2-1-3-7-12)11-5-4-8-14-9-11;6-5(7,8)4-9-1-2(12-4)3(10)11/h4-5,8-9,13H,1-3,6-7,10H2;1H,(H,10,11)/q-1;. The number of carboxylic acids is 1. The van der Waals surface area contributed by atoms with Crippen molar-refractivity contribution in [3.63, 3.8) is 0 Å². The summed E-state index contributed by atoms with van der Waals surface area (Å²) in [7, 11) is 0. The Kier molecular flexibility index (Phi) is 6.71. The zero-order valence-corrected chi connectivity index (χ0v) is 14.7. The molecule has 2 aromatic heterocycles. The molecule has 1 fully saturated rings. The zero-order valence-electron chi connectivity index (χ0n) is 13.9. The average Bonchev–Trinajstić information content (AvgIpc) is 3.15. The number of thiazole rings is 1. The van der Waals surface area contributed by atoms with Crippen molar-refractivity contribution < 1.29 is 23.1 Å². The molecule has 0 aliphatic heterocycles. The Morgan fingerprint density at radius 3 is 2.38 bits per heavy atom. The van der Waals surface area contributed by atoms with Crippen LogP contribution in [0.1, 0.15) is 52.3 Å². The predicted octanol–water partition coefficient (Wildman–Crippen LogP) is 5.20. The Balaban J connectivity index is 0.000000190. The van der Waals surface area contributed by atoms with E-state index in [1.807, 2.05) is 18.5 Å². The molecule has 1 aliphatic rings. The highest BCUT2D eigenvalue weighted by Gasteiger charge is 2.35. The number of nitrogens with zero attached hydrogens (tertiary/aromatic N) is 2. The second-order valence-electron chi connectivity index (χ2n) is 6.09. The van der Waals surface area contributed by atoms with Gasteiger partial charge in [0, 0.05) is 12.4 Å². The first-order valence-electron chi connectivity index (χ1n) is 8.10. The number of hydrogen-bond acceptors (Lipinski definition) is 4. The van der Waals surface area contributed by atoms with Crippen LogP contribution in [0, 0.1) is 0 Å². The fourth-order valence-electron chi connectivity index (χ4n) is 2.98. The van der Waals surface area contributed by atoms with Crippen molar-refractivity contribution in [3.05, 3.63) is 51.9 Å². The highest BCUT2D eigenvalue weighted by molar-refractivity contribution is 7.13. The van der Waals surface area contributed by atoms with E-state index in [0.29, 0.717) is 12.7 Å².